The van der Waals surface area contributed by atoms with Crippen molar-refractivity contribution in [2.75, 3.05) is 9.80 Å². The van der Waals surface area contributed by atoms with Gasteiger partial charge in [-0.3, -0.25) is 4.90 Å². The molecule has 7 aromatic carbocycles. The van der Waals surface area contributed by atoms with E-state index in [2.05, 4.69) is 240 Å². The van der Waals surface area contributed by atoms with Crippen molar-refractivity contribution in [1.29, 1.82) is 0 Å². The molecule has 0 N–H and O–H groups in total. The molecular weight excluding hydrogens is 856 g/mol. The minimum atomic E-state index is -0.122. The third-order valence-corrected chi connectivity index (χ3v) is 16.2. The molecule has 0 atom stereocenters. The van der Waals surface area contributed by atoms with E-state index in [0.29, 0.717) is 0 Å². The van der Waals surface area contributed by atoms with Crippen LogP contribution in [0.3, 0.4) is 0 Å². The zero-order valence-electron chi connectivity index (χ0n) is 43.1. The van der Waals surface area contributed by atoms with Gasteiger partial charge in [-0.15, -0.1) is 11.3 Å². The molecule has 2 aliphatic rings. The van der Waals surface area contributed by atoms with Gasteiger partial charge in [-0.05, 0) is 158 Å². The highest BCUT2D eigenvalue weighted by molar-refractivity contribution is 7.22. The van der Waals surface area contributed by atoms with E-state index < -0.39 is 0 Å². The summed E-state index contributed by atoms with van der Waals surface area (Å²) >= 11 is 1.88. The van der Waals surface area contributed by atoms with E-state index in [1.807, 2.05) is 11.3 Å². The first kappa shape index (κ1) is 45.2. The van der Waals surface area contributed by atoms with E-state index in [9.17, 15) is 0 Å². The third kappa shape index (κ3) is 7.37. The van der Waals surface area contributed by atoms with Crippen molar-refractivity contribution in [2.45, 2.75) is 119 Å². The first-order valence-corrected chi connectivity index (χ1v) is 25.8. The van der Waals surface area contributed by atoms with Crippen LogP contribution in [0.15, 0.2) is 138 Å². The molecule has 0 radical (unpaired) electrons. The Labute approximate surface area is 414 Å². The number of hydrogen-bond acceptors (Lipinski definition) is 4. The number of nitrogens with zero attached hydrogens (tertiary/aromatic N) is 2. The second kappa shape index (κ2) is 15.9. The second-order valence-electron chi connectivity index (χ2n) is 23.4. The number of fused-ring (bicyclic) bond motifs is 7. The van der Waals surface area contributed by atoms with Gasteiger partial charge in [-0.1, -0.05) is 161 Å². The molecule has 0 fully saturated rings. The fourth-order valence-corrected chi connectivity index (χ4v) is 12.2. The van der Waals surface area contributed by atoms with Crippen LogP contribution in [0.5, 0.6) is 0 Å². The highest BCUT2D eigenvalue weighted by Crippen LogP contribution is 2.52. The number of aryl methyl sites for hydroxylation is 3. The normalized spacial score (nSPS) is 13.7. The predicted molar refractivity (Wildman–Crippen MR) is 301 cm³/mol. The van der Waals surface area contributed by atoms with Crippen LogP contribution in [0, 0.1) is 20.8 Å². The van der Waals surface area contributed by atoms with Gasteiger partial charge in [0.25, 0.3) is 6.71 Å². The van der Waals surface area contributed by atoms with Gasteiger partial charge in [-0.25, -0.2) is 0 Å². The molecule has 2 aliphatic heterocycles. The predicted octanol–water partition coefficient (Wildman–Crippen LogP) is 17.0. The Morgan fingerprint density at radius 2 is 1.13 bits per heavy atom. The largest absolute Gasteiger partial charge is 0.440 e. The minimum absolute atomic E-state index is 0.00115. The molecule has 0 saturated carbocycles. The number of anilines is 6. The Bertz CT molecular complexity index is 3480. The van der Waals surface area contributed by atoms with Crippen LogP contribution in [0.4, 0.5) is 34.3 Å². The molecule has 0 bridgehead atoms. The lowest BCUT2D eigenvalue weighted by atomic mass is 9.33. The Hall–Kier alpha value is -6.30. The number of hydrogen-bond donors (Lipinski definition) is 0. The van der Waals surface area contributed by atoms with Crippen LogP contribution in [0.1, 0.15) is 121 Å². The SMILES string of the molecule is Cc1cc(C(C)(C)C)cc(C)c1N1c2cc(C(C)C)cc3c2B(c2cc(-c4cc5ccccc5s4)ccc2N3c2c(C)cc(C(C)(C)C)cc2-c2ccccc2)c2c1oc1ccc(C(C)(C)C)cc21. The third-order valence-electron chi connectivity index (χ3n) is 15.0. The maximum Gasteiger partial charge on any atom is 0.257 e. The van der Waals surface area contributed by atoms with Crippen molar-refractivity contribution < 1.29 is 4.42 Å². The van der Waals surface area contributed by atoms with Crippen LogP contribution in [0.2, 0.25) is 0 Å². The fourth-order valence-electron chi connectivity index (χ4n) is 11.2. The van der Waals surface area contributed by atoms with Crippen LogP contribution >= 0.6 is 11.3 Å². The number of rotatable bonds is 5. The number of furan rings is 1. The van der Waals surface area contributed by atoms with Gasteiger partial charge in [0.05, 0.1) is 11.4 Å². The van der Waals surface area contributed by atoms with Crippen LogP contribution in [-0.4, -0.2) is 6.71 Å². The van der Waals surface area contributed by atoms with E-state index in [-0.39, 0.29) is 28.9 Å². The first-order valence-electron chi connectivity index (χ1n) is 25.0. The lowest BCUT2D eigenvalue weighted by Crippen LogP contribution is -2.61. The van der Waals surface area contributed by atoms with E-state index in [1.165, 1.54) is 121 Å². The van der Waals surface area contributed by atoms with Crippen molar-refractivity contribution in [2.24, 2.45) is 0 Å². The van der Waals surface area contributed by atoms with E-state index in [4.69, 9.17) is 4.42 Å². The molecule has 0 unspecified atom stereocenters. The molecular formula is C64H65BN2OS. The first-order chi connectivity index (χ1) is 32.7. The molecule has 0 saturated heterocycles. The molecule has 5 heteroatoms. The highest BCUT2D eigenvalue weighted by atomic mass is 32.1. The smallest absolute Gasteiger partial charge is 0.257 e. The van der Waals surface area contributed by atoms with Gasteiger partial charge in [0.1, 0.15) is 5.58 Å². The summed E-state index contributed by atoms with van der Waals surface area (Å²) in [7, 11) is 0. The minimum Gasteiger partial charge on any atom is -0.440 e. The maximum atomic E-state index is 7.42. The Kier molecular flexibility index (Phi) is 10.4. The van der Waals surface area contributed by atoms with E-state index >= 15 is 0 Å². The molecule has 0 spiro atoms. The van der Waals surface area contributed by atoms with Gasteiger partial charge in [0.15, 0.2) is 0 Å². The number of thiophene rings is 1. The van der Waals surface area contributed by atoms with Crippen LogP contribution in [0.25, 0.3) is 42.6 Å². The molecule has 3 nitrogen and oxygen atoms in total. The summed E-state index contributed by atoms with van der Waals surface area (Å²) < 4.78 is 8.73. The van der Waals surface area contributed by atoms with Crippen molar-refractivity contribution in [3.8, 4) is 21.6 Å². The zero-order chi connectivity index (χ0) is 48.6. The average Bonchev–Trinajstić information content (AvgIpc) is 3.90. The van der Waals surface area contributed by atoms with Gasteiger partial charge in [0.2, 0.25) is 5.88 Å². The molecule has 69 heavy (non-hydrogen) atoms. The van der Waals surface area contributed by atoms with Crippen molar-refractivity contribution in [3.63, 3.8) is 0 Å². The van der Waals surface area contributed by atoms with Crippen molar-refractivity contribution in [3.05, 3.63) is 172 Å². The Morgan fingerprint density at radius 3 is 1.77 bits per heavy atom. The fraction of sp³-hybridized carbons (Fsp3) is 0.281. The number of benzene rings is 7. The van der Waals surface area contributed by atoms with Crippen molar-refractivity contribution >= 4 is 89.8 Å². The van der Waals surface area contributed by atoms with Gasteiger partial charge in [-0.2, -0.15) is 0 Å². The zero-order valence-corrected chi connectivity index (χ0v) is 43.9. The molecule has 9 aromatic rings. The summed E-state index contributed by atoms with van der Waals surface area (Å²) in [5.41, 5.74) is 23.4. The molecule has 4 heterocycles. The molecule has 0 aliphatic carbocycles. The van der Waals surface area contributed by atoms with Gasteiger partial charge < -0.3 is 9.32 Å². The van der Waals surface area contributed by atoms with Crippen molar-refractivity contribution in [1.82, 2.24) is 0 Å². The Morgan fingerprint density at radius 1 is 0.522 bits per heavy atom. The lowest BCUT2D eigenvalue weighted by Gasteiger charge is -2.44. The second-order valence-corrected chi connectivity index (χ2v) is 24.5. The van der Waals surface area contributed by atoms with E-state index in [1.54, 1.807) is 0 Å². The summed E-state index contributed by atoms with van der Waals surface area (Å²) in [5.74, 6) is 1.18. The van der Waals surface area contributed by atoms with Crippen LogP contribution in [-0.2, 0) is 16.2 Å². The average molecular weight is 921 g/mol. The standard InChI is InChI=1S/C64H65BN2OS/c1-37(2)44-32-52-58-53(33-44)67(59-38(3)28-46(29-39(59)4)63(9,10)11)61-57(49-35-45(62(6,7)8)25-27-54(49)68-61)65(58)50-31-43(56-34-42-22-18-19-23-55(42)69-56)24-26-51(50)66(52)60-40(5)30-47(64(12,13)14)36-48(60)41-20-16-15-17-21-41/h15-37H,1-14H3. The van der Waals surface area contributed by atoms with Crippen LogP contribution < -0.4 is 26.2 Å². The molecule has 2 aromatic heterocycles. The maximum absolute atomic E-state index is 7.42. The summed E-state index contributed by atoms with van der Waals surface area (Å²) in [6.07, 6.45) is 0. The summed E-state index contributed by atoms with van der Waals surface area (Å²) in [5, 5.41) is 2.46. The topological polar surface area (TPSA) is 19.6 Å². The van der Waals surface area contributed by atoms with Gasteiger partial charge >= 0.3 is 0 Å². The van der Waals surface area contributed by atoms with E-state index in [0.717, 1.165) is 11.5 Å². The summed E-state index contributed by atoms with van der Waals surface area (Å²) in [6, 6.07) is 51.3. The van der Waals surface area contributed by atoms with Gasteiger partial charge in [0, 0.05) is 43.1 Å². The molecule has 0 amide bonds. The summed E-state index contributed by atoms with van der Waals surface area (Å²) in [6.45, 7) is 32.4. The highest BCUT2D eigenvalue weighted by Gasteiger charge is 2.48. The monoisotopic (exact) mass is 920 g/mol. The molecule has 11 rings (SSSR count). The quantitative estimate of drug-likeness (QED) is 0.160. The lowest BCUT2D eigenvalue weighted by molar-refractivity contribution is 0.588. The molecule has 346 valence electrons. The summed E-state index contributed by atoms with van der Waals surface area (Å²) in [4.78, 5) is 6.46. The Balaban J connectivity index is 1.31.